The molecule has 48 heavy (non-hydrogen) atoms. The van der Waals surface area contributed by atoms with Gasteiger partial charge in [0.1, 0.15) is 5.69 Å². The van der Waals surface area contributed by atoms with Crippen molar-refractivity contribution in [2.45, 2.75) is 0 Å². The van der Waals surface area contributed by atoms with Gasteiger partial charge in [0.05, 0.1) is 34.7 Å². The van der Waals surface area contributed by atoms with Gasteiger partial charge in [0.25, 0.3) is 5.82 Å². The zero-order chi connectivity index (χ0) is 31.8. The molecule has 10 aromatic rings. The molecule has 10 rings (SSSR count). The lowest BCUT2D eigenvalue weighted by molar-refractivity contribution is -0.633. The molecule has 7 aromatic carbocycles. The maximum absolute atomic E-state index is 2.43. The molecular formula is C44H31N4+. The monoisotopic (exact) mass is 615 g/mol. The summed E-state index contributed by atoms with van der Waals surface area (Å²) in [5.41, 5.74) is 11.8. The van der Waals surface area contributed by atoms with E-state index in [4.69, 9.17) is 0 Å². The molecule has 4 nitrogen and oxygen atoms in total. The Morgan fingerprint density at radius 3 is 1.44 bits per heavy atom. The summed E-state index contributed by atoms with van der Waals surface area (Å²) in [6.45, 7) is 0. The Morgan fingerprint density at radius 2 is 0.812 bits per heavy atom. The van der Waals surface area contributed by atoms with Crippen LogP contribution < -0.4 is 4.57 Å². The number of benzene rings is 7. The molecule has 3 aromatic heterocycles. The van der Waals surface area contributed by atoms with Crippen LogP contribution in [-0.2, 0) is 7.05 Å². The molecule has 0 aliphatic heterocycles. The van der Waals surface area contributed by atoms with E-state index < -0.39 is 0 Å². The van der Waals surface area contributed by atoms with Crippen LogP contribution in [0.15, 0.2) is 170 Å². The second kappa shape index (κ2) is 10.3. The normalized spacial score (nSPS) is 11.9. The third-order valence-corrected chi connectivity index (χ3v) is 9.87. The summed E-state index contributed by atoms with van der Waals surface area (Å²) in [4.78, 5) is 0. The van der Waals surface area contributed by atoms with Gasteiger partial charge >= 0.3 is 0 Å². The first-order chi connectivity index (χ1) is 23.8. The molecule has 0 atom stereocenters. The fraction of sp³-hybridized carbons (Fsp3) is 0.0227. The summed E-state index contributed by atoms with van der Waals surface area (Å²) in [6.07, 6.45) is 0. The molecule has 0 fully saturated rings. The van der Waals surface area contributed by atoms with Crippen molar-refractivity contribution in [1.82, 2.24) is 13.7 Å². The molecule has 0 unspecified atom stereocenters. The largest absolute Gasteiger partial charge is 0.309 e. The number of fused-ring (bicyclic) bond motifs is 7. The van der Waals surface area contributed by atoms with E-state index in [1.165, 1.54) is 60.2 Å². The van der Waals surface area contributed by atoms with Crippen LogP contribution in [0.3, 0.4) is 0 Å². The summed E-state index contributed by atoms with van der Waals surface area (Å²) in [5, 5.41) is 4.96. The lowest BCUT2D eigenvalue weighted by Crippen LogP contribution is -2.30. The highest BCUT2D eigenvalue weighted by molar-refractivity contribution is 6.19. The predicted molar refractivity (Wildman–Crippen MR) is 199 cm³/mol. The number of imidazole rings is 1. The summed E-state index contributed by atoms with van der Waals surface area (Å²) in [5.74, 6) is 1.14. The Morgan fingerprint density at radius 1 is 0.354 bits per heavy atom. The van der Waals surface area contributed by atoms with Gasteiger partial charge in [0, 0.05) is 32.9 Å². The molecule has 0 amide bonds. The number of rotatable bonds is 4. The highest BCUT2D eigenvalue weighted by Gasteiger charge is 2.27. The zero-order valence-corrected chi connectivity index (χ0v) is 26.5. The van der Waals surface area contributed by atoms with Crippen LogP contribution in [-0.4, -0.2) is 13.7 Å². The van der Waals surface area contributed by atoms with Gasteiger partial charge in [-0.25, -0.2) is 4.57 Å². The molecule has 0 saturated carbocycles. The van der Waals surface area contributed by atoms with E-state index in [-0.39, 0.29) is 0 Å². The van der Waals surface area contributed by atoms with Crippen LogP contribution in [0.2, 0.25) is 0 Å². The molecule has 0 saturated heterocycles. The number of hydrogen-bond donors (Lipinski definition) is 0. The van der Waals surface area contributed by atoms with Gasteiger partial charge in [-0.05, 0) is 84.9 Å². The Kier molecular flexibility index (Phi) is 5.75. The van der Waals surface area contributed by atoms with Crippen LogP contribution in [0.5, 0.6) is 0 Å². The smallest absolute Gasteiger partial charge is 0.294 e. The molecule has 3 heterocycles. The van der Waals surface area contributed by atoms with Crippen molar-refractivity contribution in [3.8, 4) is 28.5 Å². The van der Waals surface area contributed by atoms with Crippen LogP contribution >= 0.6 is 0 Å². The average Bonchev–Trinajstić information content (AvgIpc) is 3.76. The Hall–Kier alpha value is -6.39. The van der Waals surface area contributed by atoms with Gasteiger partial charge in [0.15, 0.2) is 11.0 Å². The van der Waals surface area contributed by atoms with Gasteiger partial charge < -0.3 is 9.13 Å². The van der Waals surface area contributed by atoms with E-state index >= 15 is 0 Å². The Labute approximate surface area is 277 Å². The van der Waals surface area contributed by atoms with E-state index in [1.807, 2.05) is 0 Å². The van der Waals surface area contributed by atoms with Crippen molar-refractivity contribution < 1.29 is 4.57 Å². The maximum atomic E-state index is 2.43. The second-order valence-electron chi connectivity index (χ2n) is 12.5. The zero-order valence-electron chi connectivity index (χ0n) is 26.5. The van der Waals surface area contributed by atoms with Crippen LogP contribution in [0, 0.1) is 0 Å². The van der Waals surface area contributed by atoms with Gasteiger partial charge in [-0.15, -0.1) is 0 Å². The van der Waals surface area contributed by atoms with Crippen molar-refractivity contribution in [3.63, 3.8) is 0 Å². The van der Waals surface area contributed by atoms with E-state index in [2.05, 4.69) is 195 Å². The minimum atomic E-state index is 1.14. The van der Waals surface area contributed by atoms with Crippen molar-refractivity contribution in [1.29, 1.82) is 0 Å². The van der Waals surface area contributed by atoms with Gasteiger partial charge in [-0.2, -0.15) is 4.57 Å². The molecule has 0 spiro atoms. The first-order valence-electron chi connectivity index (χ1n) is 16.4. The fourth-order valence-electron chi connectivity index (χ4n) is 7.81. The molecule has 226 valence electrons. The van der Waals surface area contributed by atoms with Gasteiger partial charge in [0.2, 0.25) is 0 Å². The number of hydrogen-bond acceptors (Lipinski definition) is 0. The number of aromatic nitrogens is 4. The minimum Gasteiger partial charge on any atom is -0.309 e. The Bertz CT molecular complexity index is 2820. The van der Waals surface area contributed by atoms with Crippen molar-refractivity contribution in [2.75, 3.05) is 0 Å². The summed E-state index contributed by atoms with van der Waals surface area (Å²) >= 11 is 0. The summed E-state index contributed by atoms with van der Waals surface area (Å²) in [7, 11) is 2.18. The minimum absolute atomic E-state index is 1.14. The lowest BCUT2D eigenvalue weighted by Gasteiger charge is -2.09. The first-order valence-corrected chi connectivity index (χ1v) is 16.4. The standard InChI is InChI=1S/C44H31N4/c1-45-40-23-13-14-24-41(40)48(33-19-9-4-10-20-33)44(45)30-25-26-39-35(27-30)37-29-42-36(28-43(37)47(39)32-17-7-3-8-18-32)34-21-11-12-22-38(34)46(42)31-15-5-2-6-16-31/h2-29H,1H3/q+1. The second-order valence-corrected chi connectivity index (χ2v) is 12.5. The van der Waals surface area contributed by atoms with E-state index in [1.54, 1.807) is 0 Å². The highest BCUT2D eigenvalue weighted by Crippen LogP contribution is 2.41. The van der Waals surface area contributed by atoms with E-state index in [0.717, 1.165) is 22.9 Å². The van der Waals surface area contributed by atoms with Crippen LogP contribution in [0.1, 0.15) is 0 Å². The SMILES string of the molecule is C[n+]1c(-c2ccc3c(c2)c2cc4c(cc2n3-c2ccccc2)c2ccccc2n4-c2ccccc2)n(-c2ccccc2)c2ccccc21. The molecule has 0 bridgehead atoms. The number of aryl methyl sites for hydroxylation is 1. The maximum Gasteiger partial charge on any atom is 0.294 e. The third kappa shape index (κ3) is 3.80. The lowest BCUT2D eigenvalue weighted by atomic mass is 10.1. The van der Waals surface area contributed by atoms with E-state index in [9.17, 15) is 0 Å². The Balaban J connectivity index is 1.34. The molecule has 0 N–H and O–H groups in total. The van der Waals surface area contributed by atoms with Crippen LogP contribution in [0.4, 0.5) is 0 Å². The van der Waals surface area contributed by atoms with Crippen molar-refractivity contribution in [2.24, 2.45) is 7.05 Å². The van der Waals surface area contributed by atoms with Crippen LogP contribution in [0.25, 0.3) is 83.1 Å². The predicted octanol–water partition coefficient (Wildman–Crippen LogP) is 10.3. The molecule has 0 radical (unpaired) electrons. The fourth-order valence-corrected chi connectivity index (χ4v) is 7.81. The third-order valence-electron chi connectivity index (χ3n) is 9.87. The summed E-state index contributed by atoms with van der Waals surface area (Å²) < 4.78 is 9.55. The number of nitrogens with zero attached hydrogens (tertiary/aromatic N) is 4. The van der Waals surface area contributed by atoms with Crippen molar-refractivity contribution in [3.05, 3.63) is 170 Å². The number of para-hydroxylation sites is 6. The summed E-state index contributed by atoms with van der Waals surface area (Å²) in [6, 6.07) is 61.4. The molecular weight excluding hydrogens is 585 g/mol. The van der Waals surface area contributed by atoms with Gasteiger partial charge in [-0.3, -0.25) is 0 Å². The average molecular weight is 616 g/mol. The van der Waals surface area contributed by atoms with E-state index in [0.29, 0.717) is 0 Å². The van der Waals surface area contributed by atoms with Gasteiger partial charge in [-0.1, -0.05) is 84.9 Å². The molecule has 0 aliphatic carbocycles. The molecule has 4 heteroatoms. The first kappa shape index (κ1) is 26.8. The highest BCUT2D eigenvalue weighted by atomic mass is 15.2. The van der Waals surface area contributed by atoms with Crippen molar-refractivity contribution >= 4 is 54.6 Å². The topological polar surface area (TPSA) is 18.7 Å². The molecule has 0 aliphatic rings. The quantitative estimate of drug-likeness (QED) is 0.176.